The molecule has 1 saturated carbocycles. The highest BCUT2D eigenvalue weighted by Crippen LogP contribution is 2.46. The van der Waals surface area contributed by atoms with Crippen LogP contribution in [-0.4, -0.2) is 60.5 Å². The fraction of sp³-hybridized carbons (Fsp3) is 0.750. The van der Waals surface area contributed by atoms with Crippen LogP contribution in [0.4, 0.5) is 26.3 Å². The quantitative estimate of drug-likeness (QED) is 0.416. The lowest BCUT2D eigenvalue weighted by Gasteiger charge is -2.44. The van der Waals surface area contributed by atoms with Crippen LogP contribution in [0.15, 0.2) is 18.2 Å². The summed E-state index contributed by atoms with van der Waals surface area (Å²) in [5.74, 6) is -0.0168. The Kier molecular flexibility index (Phi) is 8.17. The predicted octanol–water partition coefficient (Wildman–Crippen LogP) is 6.46. The number of benzene rings is 1. The lowest BCUT2D eigenvalue weighted by molar-refractivity contribution is -0.143. The molecular formula is C28H39F6N3O. The first kappa shape index (κ1) is 29.2. The Morgan fingerprint density at radius 2 is 1.39 bits per heavy atom. The normalized spacial score (nSPS) is 22.4. The SMILES string of the molecule is CC(C)(C)C1CCN(C2(CN3CCC(CNC(=O)c4cc(C(F)(F)F)cc(C(F)(F)F)c4)CC3)CC2)CC1. The molecule has 0 bridgehead atoms. The number of rotatable bonds is 6. The molecule has 214 valence electrons. The molecule has 38 heavy (non-hydrogen) atoms. The van der Waals surface area contributed by atoms with Crippen LogP contribution in [0.2, 0.25) is 0 Å². The molecule has 1 N–H and O–H groups in total. The monoisotopic (exact) mass is 547 g/mol. The molecule has 0 atom stereocenters. The van der Waals surface area contributed by atoms with E-state index >= 15 is 0 Å². The van der Waals surface area contributed by atoms with Crippen molar-refractivity contribution in [3.8, 4) is 0 Å². The number of hydrogen-bond donors (Lipinski definition) is 1. The van der Waals surface area contributed by atoms with Gasteiger partial charge in [0.1, 0.15) is 0 Å². The van der Waals surface area contributed by atoms with E-state index in [9.17, 15) is 31.1 Å². The van der Waals surface area contributed by atoms with Crippen LogP contribution in [0.25, 0.3) is 0 Å². The van der Waals surface area contributed by atoms with E-state index in [1.54, 1.807) is 0 Å². The Labute approximate surface area is 221 Å². The third-order valence-corrected chi connectivity index (χ3v) is 8.84. The Bertz CT molecular complexity index is 948. The Hall–Kier alpha value is -1.81. The molecule has 10 heteroatoms. The van der Waals surface area contributed by atoms with Gasteiger partial charge in [0.05, 0.1) is 11.1 Å². The Balaban J connectivity index is 1.26. The lowest BCUT2D eigenvalue weighted by atomic mass is 9.75. The van der Waals surface area contributed by atoms with Gasteiger partial charge in [-0.2, -0.15) is 26.3 Å². The molecule has 4 rings (SSSR count). The zero-order valence-electron chi connectivity index (χ0n) is 22.4. The molecule has 2 heterocycles. The summed E-state index contributed by atoms with van der Waals surface area (Å²) in [5, 5.41) is 2.57. The summed E-state index contributed by atoms with van der Waals surface area (Å²) in [4.78, 5) is 17.7. The van der Waals surface area contributed by atoms with Gasteiger partial charge in [-0.25, -0.2) is 0 Å². The van der Waals surface area contributed by atoms with Crippen molar-refractivity contribution in [2.45, 2.75) is 77.2 Å². The van der Waals surface area contributed by atoms with E-state index in [4.69, 9.17) is 0 Å². The summed E-state index contributed by atoms with van der Waals surface area (Å²) in [6, 6.07) is 0.991. The van der Waals surface area contributed by atoms with E-state index in [2.05, 4.69) is 35.9 Å². The number of alkyl halides is 6. The first-order chi connectivity index (χ1) is 17.6. The van der Waals surface area contributed by atoms with Gasteiger partial charge < -0.3 is 10.2 Å². The van der Waals surface area contributed by atoms with E-state index in [-0.39, 0.29) is 24.1 Å². The van der Waals surface area contributed by atoms with Gasteiger partial charge in [-0.1, -0.05) is 20.8 Å². The second kappa shape index (κ2) is 10.6. The molecule has 2 aliphatic heterocycles. The van der Waals surface area contributed by atoms with Gasteiger partial charge in [-0.15, -0.1) is 0 Å². The number of hydrogen-bond acceptors (Lipinski definition) is 3. The van der Waals surface area contributed by atoms with Gasteiger partial charge in [0.2, 0.25) is 0 Å². The summed E-state index contributed by atoms with van der Waals surface area (Å²) >= 11 is 0. The van der Waals surface area contributed by atoms with E-state index in [0.717, 1.165) is 51.5 Å². The lowest BCUT2D eigenvalue weighted by Crippen LogP contribution is -2.51. The number of nitrogens with one attached hydrogen (secondary N) is 1. The van der Waals surface area contributed by atoms with Crippen molar-refractivity contribution in [3.63, 3.8) is 0 Å². The van der Waals surface area contributed by atoms with Crippen molar-refractivity contribution in [1.82, 2.24) is 15.1 Å². The van der Waals surface area contributed by atoms with Crippen LogP contribution in [0.5, 0.6) is 0 Å². The molecule has 1 amide bonds. The van der Waals surface area contributed by atoms with E-state index in [1.165, 1.54) is 25.7 Å². The van der Waals surface area contributed by atoms with Crippen molar-refractivity contribution in [2.75, 3.05) is 39.3 Å². The number of amides is 1. The summed E-state index contributed by atoms with van der Waals surface area (Å²) in [7, 11) is 0. The molecule has 3 aliphatic rings. The largest absolute Gasteiger partial charge is 0.416 e. The highest BCUT2D eigenvalue weighted by molar-refractivity contribution is 5.94. The molecule has 0 spiro atoms. The van der Waals surface area contributed by atoms with Gasteiger partial charge >= 0.3 is 12.4 Å². The van der Waals surface area contributed by atoms with Crippen molar-refractivity contribution >= 4 is 5.91 Å². The van der Waals surface area contributed by atoms with Crippen LogP contribution in [0, 0.1) is 17.3 Å². The molecule has 3 fully saturated rings. The molecule has 1 aromatic carbocycles. The molecule has 1 aromatic rings. The zero-order chi connectivity index (χ0) is 27.9. The van der Waals surface area contributed by atoms with Gasteiger partial charge in [-0.05, 0) is 100 Å². The Morgan fingerprint density at radius 3 is 1.84 bits per heavy atom. The standard InChI is InChI=1S/C28H39F6N3O/c1-25(2,3)21-6-12-37(13-7-21)26(8-9-26)18-36-10-4-19(5-11-36)17-35-24(38)20-14-22(27(29,30)31)16-23(15-20)28(32,33)34/h14-16,19,21H,4-13,17-18H2,1-3H3,(H,35,38). The van der Waals surface area contributed by atoms with E-state index in [1.807, 2.05) is 0 Å². The number of halogens is 6. The summed E-state index contributed by atoms with van der Waals surface area (Å²) in [6.07, 6.45) is -3.38. The van der Waals surface area contributed by atoms with Crippen LogP contribution in [0.1, 0.15) is 80.8 Å². The van der Waals surface area contributed by atoms with Gasteiger partial charge in [0.15, 0.2) is 0 Å². The third kappa shape index (κ3) is 7.03. The number of likely N-dealkylation sites (tertiary alicyclic amines) is 2. The predicted molar refractivity (Wildman–Crippen MR) is 134 cm³/mol. The number of carbonyl (C=O) groups excluding carboxylic acids is 1. The molecule has 0 radical (unpaired) electrons. The fourth-order valence-electron chi connectivity index (χ4n) is 6.13. The average molecular weight is 548 g/mol. The molecule has 0 unspecified atom stereocenters. The maximum Gasteiger partial charge on any atom is 0.416 e. The van der Waals surface area contributed by atoms with Crippen LogP contribution < -0.4 is 5.32 Å². The van der Waals surface area contributed by atoms with E-state index in [0.29, 0.717) is 17.5 Å². The number of piperidine rings is 2. The smallest absolute Gasteiger partial charge is 0.352 e. The van der Waals surface area contributed by atoms with Crippen LogP contribution in [-0.2, 0) is 12.4 Å². The summed E-state index contributed by atoms with van der Waals surface area (Å²) < 4.78 is 78.7. The zero-order valence-corrected chi connectivity index (χ0v) is 22.4. The topological polar surface area (TPSA) is 35.6 Å². The van der Waals surface area contributed by atoms with Crippen molar-refractivity contribution in [2.24, 2.45) is 17.3 Å². The molecular weight excluding hydrogens is 508 g/mol. The minimum atomic E-state index is -4.98. The highest BCUT2D eigenvalue weighted by Gasteiger charge is 2.50. The van der Waals surface area contributed by atoms with E-state index < -0.39 is 35.0 Å². The van der Waals surface area contributed by atoms with Crippen LogP contribution in [0.3, 0.4) is 0 Å². The summed E-state index contributed by atoms with van der Waals surface area (Å²) in [5.41, 5.74) is -2.97. The van der Waals surface area contributed by atoms with Gasteiger partial charge in [-0.3, -0.25) is 9.69 Å². The molecule has 2 saturated heterocycles. The fourth-order valence-corrected chi connectivity index (χ4v) is 6.13. The van der Waals surface area contributed by atoms with Gasteiger partial charge in [0, 0.05) is 24.2 Å². The van der Waals surface area contributed by atoms with Gasteiger partial charge in [0.25, 0.3) is 5.91 Å². The maximum atomic E-state index is 13.1. The highest BCUT2D eigenvalue weighted by atomic mass is 19.4. The third-order valence-electron chi connectivity index (χ3n) is 8.84. The summed E-state index contributed by atoms with van der Waals surface area (Å²) in [6.45, 7) is 12.3. The maximum absolute atomic E-state index is 13.1. The second-order valence-electron chi connectivity index (χ2n) is 12.6. The molecule has 0 aromatic heterocycles. The Morgan fingerprint density at radius 1 is 0.868 bits per heavy atom. The second-order valence-corrected chi connectivity index (χ2v) is 12.6. The average Bonchev–Trinajstić information content (AvgIpc) is 3.62. The van der Waals surface area contributed by atoms with Crippen molar-refractivity contribution < 1.29 is 31.1 Å². The number of nitrogens with zero attached hydrogens (tertiary/aromatic N) is 2. The minimum absolute atomic E-state index is 0.0337. The van der Waals surface area contributed by atoms with Crippen molar-refractivity contribution in [3.05, 3.63) is 34.9 Å². The molecule has 1 aliphatic carbocycles. The van der Waals surface area contributed by atoms with Crippen LogP contribution >= 0.6 is 0 Å². The molecule has 4 nitrogen and oxygen atoms in total. The van der Waals surface area contributed by atoms with Crippen molar-refractivity contribution in [1.29, 1.82) is 0 Å². The number of carbonyl (C=O) groups is 1. The minimum Gasteiger partial charge on any atom is -0.352 e. The first-order valence-electron chi connectivity index (χ1n) is 13.6. The first-order valence-corrected chi connectivity index (χ1v) is 13.6.